The Hall–Kier alpha value is -1.81. The molecule has 0 aliphatic rings. The third-order valence-electron chi connectivity index (χ3n) is 3.44. The van der Waals surface area contributed by atoms with Gasteiger partial charge in [0.25, 0.3) is 0 Å². The van der Waals surface area contributed by atoms with Crippen molar-refractivity contribution in [3.63, 3.8) is 0 Å². The van der Waals surface area contributed by atoms with E-state index in [1.807, 2.05) is 19.1 Å². The highest BCUT2D eigenvalue weighted by Gasteiger charge is 2.11. The zero-order valence-electron chi connectivity index (χ0n) is 12.7. The van der Waals surface area contributed by atoms with Crippen molar-refractivity contribution >= 4 is 0 Å². The van der Waals surface area contributed by atoms with Crippen LogP contribution >= 0.6 is 0 Å². The van der Waals surface area contributed by atoms with Crippen LogP contribution in [0.25, 0.3) is 11.5 Å². The van der Waals surface area contributed by atoms with Crippen LogP contribution < -0.4 is 5.32 Å². The number of nitrogens with one attached hydrogen (secondary N) is 1. The van der Waals surface area contributed by atoms with Crippen molar-refractivity contribution in [3.05, 3.63) is 40.8 Å². The number of pyridine rings is 1. The van der Waals surface area contributed by atoms with Crippen LogP contribution in [-0.2, 0) is 6.42 Å². The van der Waals surface area contributed by atoms with Crippen LogP contribution in [0.1, 0.15) is 29.4 Å². The number of hydrogen-bond donors (Lipinski definition) is 1. The van der Waals surface area contributed by atoms with E-state index in [0.29, 0.717) is 0 Å². The van der Waals surface area contributed by atoms with Crippen molar-refractivity contribution in [1.29, 1.82) is 0 Å². The summed E-state index contributed by atoms with van der Waals surface area (Å²) in [6.07, 6.45) is 2.75. The normalized spacial score (nSPS) is 10.8. The highest BCUT2D eigenvalue weighted by atomic mass is 14.9. The Labute approximate surface area is 120 Å². The van der Waals surface area contributed by atoms with Crippen molar-refractivity contribution in [2.75, 3.05) is 13.1 Å². The molecule has 2 aromatic rings. The highest BCUT2D eigenvalue weighted by molar-refractivity contribution is 5.55. The lowest BCUT2D eigenvalue weighted by atomic mass is 10.1. The Morgan fingerprint density at radius 2 is 1.80 bits per heavy atom. The van der Waals surface area contributed by atoms with E-state index < -0.39 is 0 Å². The number of aromatic nitrogens is 3. The van der Waals surface area contributed by atoms with Crippen molar-refractivity contribution in [2.24, 2.45) is 0 Å². The standard InChI is InChI=1S/C16H22N4/c1-5-17-10-8-14-12(3)19-16(20-13(14)4)15-11(2)7-6-9-18-15/h6-7,9,17H,5,8,10H2,1-4H3. The van der Waals surface area contributed by atoms with E-state index in [4.69, 9.17) is 0 Å². The summed E-state index contributed by atoms with van der Waals surface area (Å²) in [7, 11) is 0. The minimum absolute atomic E-state index is 0.727. The maximum Gasteiger partial charge on any atom is 0.178 e. The SMILES string of the molecule is CCNCCc1c(C)nc(-c2ncccc2C)nc1C. The first-order valence-electron chi connectivity index (χ1n) is 7.10. The van der Waals surface area contributed by atoms with Gasteiger partial charge in [0.2, 0.25) is 0 Å². The van der Waals surface area contributed by atoms with E-state index in [-0.39, 0.29) is 0 Å². The second kappa shape index (κ2) is 6.57. The first-order valence-corrected chi connectivity index (χ1v) is 7.10. The molecule has 2 aromatic heterocycles. The van der Waals surface area contributed by atoms with E-state index in [1.165, 1.54) is 5.56 Å². The van der Waals surface area contributed by atoms with Gasteiger partial charge in [0.05, 0.1) is 0 Å². The average Bonchev–Trinajstić information content (AvgIpc) is 2.42. The van der Waals surface area contributed by atoms with Gasteiger partial charge in [0, 0.05) is 17.6 Å². The summed E-state index contributed by atoms with van der Waals surface area (Å²) < 4.78 is 0. The lowest BCUT2D eigenvalue weighted by Gasteiger charge is -2.11. The number of rotatable bonds is 5. The average molecular weight is 270 g/mol. The summed E-state index contributed by atoms with van der Waals surface area (Å²) in [4.78, 5) is 13.7. The van der Waals surface area contributed by atoms with Gasteiger partial charge < -0.3 is 5.32 Å². The van der Waals surface area contributed by atoms with Crippen molar-refractivity contribution < 1.29 is 0 Å². The van der Waals surface area contributed by atoms with Crippen LogP contribution in [0.2, 0.25) is 0 Å². The summed E-state index contributed by atoms with van der Waals surface area (Å²) in [5.41, 5.74) is 5.32. The van der Waals surface area contributed by atoms with Gasteiger partial charge in [-0.15, -0.1) is 0 Å². The fraction of sp³-hybridized carbons (Fsp3) is 0.438. The Morgan fingerprint density at radius 1 is 1.10 bits per heavy atom. The molecule has 0 atom stereocenters. The number of nitrogens with zero attached hydrogens (tertiary/aromatic N) is 3. The highest BCUT2D eigenvalue weighted by Crippen LogP contribution is 2.19. The molecule has 2 rings (SSSR count). The molecule has 4 nitrogen and oxygen atoms in total. The van der Waals surface area contributed by atoms with Crippen LogP contribution in [0.3, 0.4) is 0 Å². The summed E-state index contributed by atoms with van der Waals surface area (Å²) in [6, 6.07) is 3.97. The summed E-state index contributed by atoms with van der Waals surface area (Å²) >= 11 is 0. The molecule has 0 aliphatic heterocycles. The lowest BCUT2D eigenvalue weighted by Crippen LogP contribution is -2.18. The van der Waals surface area contributed by atoms with Crippen LogP contribution in [0, 0.1) is 20.8 Å². The van der Waals surface area contributed by atoms with E-state index in [9.17, 15) is 0 Å². The molecule has 0 fully saturated rings. The molecule has 2 heterocycles. The molecule has 0 amide bonds. The Bertz CT molecular complexity index is 570. The molecule has 0 aromatic carbocycles. The molecule has 0 bridgehead atoms. The van der Waals surface area contributed by atoms with Gasteiger partial charge in [-0.05, 0) is 57.5 Å². The molecule has 20 heavy (non-hydrogen) atoms. The van der Waals surface area contributed by atoms with Gasteiger partial charge in [-0.2, -0.15) is 0 Å². The maximum atomic E-state index is 4.64. The number of aryl methyl sites for hydroxylation is 3. The smallest absolute Gasteiger partial charge is 0.178 e. The van der Waals surface area contributed by atoms with Gasteiger partial charge in [-0.3, -0.25) is 4.98 Å². The predicted octanol–water partition coefficient (Wildman–Crippen LogP) is 2.62. The second-order valence-corrected chi connectivity index (χ2v) is 4.97. The maximum absolute atomic E-state index is 4.64. The van der Waals surface area contributed by atoms with Gasteiger partial charge >= 0.3 is 0 Å². The summed E-state index contributed by atoms with van der Waals surface area (Å²) in [5, 5.41) is 3.34. The predicted molar refractivity (Wildman–Crippen MR) is 81.7 cm³/mol. The molecule has 0 saturated carbocycles. The molecular weight excluding hydrogens is 248 g/mol. The molecular formula is C16H22N4. The van der Waals surface area contributed by atoms with Crippen LogP contribution in [0.5, 0.6) is 0 Å². The third-order valence-corrected chi connectivity index (χ3v) is 3.44. The number of likely N-dealkylation sites (N-methyl/N-ethyl adjacent to an activating group) is 1. The second-order valence-electron chi connectivity index (χ2n) is 4.97. The van der Waals surface area contributed by atoms with E-state index >= 15 is 0 Å². The van der Waals surface area contributed by atoms with E-state index in [1.54, 1.807) is 6.20 Å². The molecule has 0 spiro atoms. The quantitative estimate of drug-likeness (QED) is 0.849. The first-order chi connectivity index (χ1) is 9.63. The van der Waals surface area contributed by atoms with E-state index in [2.05, 4.69) is 41.0 Å². The minimum atomic E-state index is 0.727. The first kappa shape index (κ1) is 14.6. The summed E-state index contributed by atoms with van der Waals surface area (Å²) in [5.74, 6) is 0.727. The fourth-order valence-electron chi connectivity index (χ4n) is 2.32. The van der Waals surface area contributed by atoms with E-state index in [0.717, 1.165) is 48.0 Å². The minimum Gasteiger partial charge on any atom is -0.317 e. The lowest BCUT2D eigenvalue weighted by molar-refractivity contribution is 0.708. The largest absolute Gasteiger partial charge is 0.317 e. The zero-order valence-corrected chi connectivity index (χ0v) is 12.7. The van der Waals surface area contributed by atoms with Crippen molar-refractivity contribution in [3.8, 4) is 11.5 Å². The van der Waals surface area contributed by atoms with Crippen molar-refractivity contribution in [1.82, 2.24) is 20.3 Å². The van der Waals surface area contributed by atoms with Gasteiger partial charge in [-0.1, -0.05) is 13.0 Å². The van der Waals surface area contributed by atoms with Gasteiger partial charge in [0.1, 0.15) is 5.69 Å². The monoisotopic (exact) mass is 270 g/mol. The van der Waals surface area contributed by atoms with Crippen LogP contribution in [-0.4, -0.2) is 28.0 Å². The molecule has 4 heteroatoms. The van der Waals surface area contributed by atoms with Gasteiger partial charge in [-0.25, -0.2) is 9.97 Å². The van der Waals surface area contributed by atoms with Crippen molar-refractivity contribution in [2.45, 2.75) is 34.1 Å². The number of hydrogen-bond acceptors (Lipinski definition) is 4. The fourth-order valence-corrected chi connectivity index (χ4v) is 2.32. The van der Waals surface area contributed by atoms with Crippen LogP contribution in [0.4, 0.5) is 0 Å². The molecule has 0 unspecified atom stereocenters. The molecule has 0 aliphatic carbocycles. The Morgan fingerprint density at radius 3 is 2.40 bits per heavy atom. The summed E-state index contributed by atoms with van der Waals surface area (Å²) in [6.45, 7) is 10.2. The Kier molecular flexibility index (Phi) is 4.79. The van der Waals surface area contributed by atoms with Gasteiger partial charge in [0.15, 0.2) is 5.82 Å². The molecule has 0 radical (unpaired) electrons. The van der Waals surface area contributed by atoms with Crippen LogP contribution in [0.15, 0.2) is 18.3 Å². The molecule has 106 valence electrons. The molecule has 1 N–H and O–H groups in total. The Balaban J connectivity index is 2.33. The molecule has 0 saturated heterocycles. The zero-order chi connectivity index (χ0) is 14.5. The topological polar surface area (TPSA) is 50.7 Å². The third kappa shape index (κ3) is 3.20.